The van der Waals surface area contributed by atoms with Gasteiger partial charge in [-0.3, -0.25) is 4.79 Å². The zero-order chi connectivity index (χ0) is 13.7. The number of carbonyl (C=O) groups is 2. The van der Waals surface area contributed by atoms with Crippen molar-refractivity contribution in [1.82, 2.24) is 10.2 Å². The molecule has 0 aromatic heterocycles. The first-order valence-electron chi connectivity index (χ1n) is 6.35. The lowest BCUT2D eigenvalue weighted by Gasteiger charge is -2.32. The van der Waals surface area contributed by atoms with Gasteiger partial charge in [0.25, 0.3) is 0 Å². The Kier molecular flexibility index (Phi) is 5.40. The van der Waals surface area contributed by atoms with Crippen LogP contribution in [0.4, 0.5) is 4.79 Å². The van der Waals surface area contributed by atoms with Crippen LogP contribution >= 0.6 is 0 Å². The highest BCUT2D eigenvalue weighted by molar-refractivity contribution is 5.76. The van der Waals surface area contributed by atoms with Crippen molar-refractivity contribution in [3.8, 4) is 0 Å². The first-order valence-corrected chi connectivity index (χ1v) is 6.35. The van der Waals surface area contributed by atoms with Crippen LogP contribution in [0.5, 0.6) is 0 Å². The van der Waals surface area contributed by atoms with Gasteiger partial charge in [-0.1, -0.05) is 13.8 Å². The number of nitrogens with zero attached hydrogens (tertiary/aromatic N) is 1. The van der Waals surface area contributed by atoms with Crippen molar-refractivity contribution in [2.24, 2.45) is 5.92 Å². The van der Waals surface area contributed by atoms with E-state index in [9.17, 15) is 14.7 Å². The van der Waals surface area contributed by atoms with Crippen LogP contribution in [0.15, 0.2) is 0 Å². The molecule has 0 saturated carbocycles. The molecule has 6 heteroatoms. The second-order valence-corrected chi connectivity index (χ2v) is 5.14. The minimum Gasteiger partial charge on any atom is -0.481 e. The zero-order valence-electron chi connectivity index (χ0n) is 10.9. The number of carboxylic acids is 1. The third-order valence-electron chi connectivity index (χ3n) is 3.19. The molecule has 1 rings (SSSR count). The van der Waals surface area contributed by atoms with E-state index in [2.05, 4.69) is 5.32 Å². The van der Waals surface area contributed by atoms with Gasteiger partial charge < -0.3 is 20.4 Å². The molecule has 2 amide bonds. The summed E-state index contributed by atoms with van der Waals surface area (Å²) in [7, 11) is 0. The van der Waals surface area contributed by atoms with E-state index in [1.807, 2.05) is 13.8 Å². The van der Waals surface area contributed by atoms with Crippen molar-refractivity contribution in [2.75, 3.05) is 13.1 Å². The van der Waals surface area contributed by atoms with Crippen molar-refractivity contribution in [3.05, 3.63) is 0 Å². The van der Waals surface area contributed by atoms with Gasteiger partial charge in [0, 0.05) is 19.1 Å². The number of aliphatic hydroxyl groups is 1. The van der Waals surface area contributed by atoms with Crippen LogP contribution in [-0.2, 0) is 4.79 Å². The van der Waals surface area contributed by atoms with E-state index in [0.717, 1.165) is 6.42 Å². The number of β-amino-alcohol motifs (C(OH)–C–C–N with tert-alkyl or cyclic N) is 1. The summed E-state index contributed by atoms with van der Waals surface area (Å²) in [6, 6.07) is -0.664. The first-order chi connectivity index (χ1) is 8.40. The van der Waals surface area contributed by atoms with Gasteiger partial charge in [-0.25, -0.2) is 4.79 Å². The summed E-state index contributed by atoms with van der Waals surface area (Å²) < 4.78 is 0. The lowest BCUT2D eigenvalue weighted by Crippen LogP contribution is -2.51. The van der Waals surface area contributed by atoms with Crippen LogP contribution in [-0.4, -0.2) is 52.3 Å². The van der Waals surface area contributed by atoms with Gasteiger partial charge in [-0.2, -0.15) is 0 Å². The topological polar surface area (TPSA) is 89.9 Å². The standard InChI is InChI=1S/C12H22N2O4/c1-8(2)10(6-11(16)17)13-12(18)14-5-3-4-9(15)7-14/h8-10,15H,3-7H2,1-2H3,(H,13,18)(H,16,17). The van der Waals surface area contributed by atoms with Gasteiger partial charge in [-0.05, 0) is 18.8 Å². The fraction of sp³-hybridized carbons (Fsp3) is 0.833. The number of nitrogens with one attached hydrogen (secondary N) is 1. The number of aliphatic carboxylic acids is 1. The predicted molar refractivity (Wildman–Crippen MR) is 66.2 cm³/mol. The summed E-state index contributed by atoms with van der Waals surface area (Å²) in [6.07, 6.45) is 0.938. The molecule has 0 aliphatic carbocycles. The molecule has 0 bridgehead atoms. The number of piperidine rings is 1. The molecule has 0 radical (unpaired) electrons. The normalized spacial score (nSPS) is 21.8. The van der Waals surface area contributed by atoms with E-state index in [4.69, 9.17) is 5.11 Å². The number of aliphatic hydroxyl groups excluding tert-OH is 1. The lowest BCUT2D eigenvalue weighted by atomic mass is 10.0. The minimum atomic E-state index is -0.923. The van der Waals surface area contributed by atoms with Gasteiger partial charge in [0.2, 0.25) is 0 Å². The average Bonchev–Trinajstić information content (AvgIpc) is 2.27. The number of carbonyl (C=O) groups excluding carboxylic acids is 1. The number of hydrogen-bond donors (Lipinski definition) is 3. The van der Waals surface area contributed by atoms with Gasteiger partial charge in [0.15, 0.2) is 0 Å². The maximum Gasteiger partial charge on any atom is 0.317 e. The predicted octanol–water partition coefficient (Wildman–Crippen LogP) is 0.652. The number of amides is 2. The van der Waals surface area contributed by atoms with Crippen LogP contribution < -0.4 is 5.32 Å². The van der Waals surface area contributed by atoms with Gasteiger partial charge in [0.05, 0.1) is 12.5 Å². The molecule has 104 valence electrons. The van der Waals surface area contributed by atoms with Crippen LogP contribution in [0.25, 0.3) is 0 Å². The van der Waals surface area contributed by atoms with E-state index in [-0.39, 0.29) is 24.4 Å². The molecule has 1 saturated heterocycles. The second-order valence-electron chi connectivity index (χ2n) is 5.14. The highest BCUT2D eigenvalue weighted by Gasteiger charge is 2.25. The Balaban J connectivity index is 2.52. The van der Waals surface area contributed by atoms with Crippen molar-refractivity contribution in [2.45, 2.75) is 45.3 Å². The summed E-state index contributed by atoms with van der Waals surface area (Å²) >= 11 is 0. The Morgan fingerprint density at radius 1 is 1.44 bits per heavy atom. The van der Waals surface area contributed by atoms with Crippen molar-refractivity contribution in [3.63, 3.8) is 0 Å². The first kappa shape index (κ1) is 14.8. The molecular weight excluding hydrogens is 236 g/mol. The van der Waals surface area contributed by atoms with E-state index >= 15 is 0 Å². The Bertz CT molecular complexity index is 306. The van der Waals surface area contributed by atoms with Crippen LogP contribution in [0.1, 0.15) is 33.1 Å². The molecule has 1 fully saturated rings. The van der Waals surface area contributed by atoms with E-state index < -0.39 is 12.1 Å². The minimum absolute atomic E-state index is 0.0553. The number of carboxylic acid groups (broad SMARTS) is 1. The van der Waals surface area contributed by atoms with E-state index in [1.54, 1.807) is 4.90 Å². The average molecular weight is 258 g/mol. The Labute approximate surface area is 107 Å². The highest BCUT2D eigenvalue weighted by atomic mass is 16.4. The maximum absolute atomic E-state index is 12.0. The van der Waals surface area contributed by atoms with Crippen molar-refractivity contribution in [1.29, 1.82) is 0 Å². The number of hydrogen-bond acceptors (Lipinski definition) is 3. The SMILES string of the molecule is CC(C)C(CC(=O)O)NC(=O)N1CCCC(O)C1. The van der Waals surface area contributed by atoms with Crippen LogP contribution in [0, 0.1) is 5.92 Å². The molecule has 6 nitrogen and oxygen atoms in total. The van der Waals surface area contributed by atoms with Crippen LogP contribution in [0.3, 0.4) is 0 Å². The maximum atomic E-state index is 12.0. The third kappa shape index (κ3) is 4.52. The summed E-state index contributed by atoms with van der Waals surface area (Å²) in [5, 5.41) is 21.0. The molecule has 0 aromatic rings. The largest absolute Gasteiger partial charge is 0.481 e. The monoisotopic (exact) mass is 258 g/mol. The molecule has 0 spiro atoms. The molecule has 2 unspecified atom stereocenters. The molecule has 1 heterocycles. The number of rotatable bonds is 4. The number of urea groups is 1. The van der Waals surface area contributed by atoms with Gasteiger partial charge >= 0.3 is 12.0 Å². The smallest absolute Gasteiger partial charge is 0.317 e. The summed E-state index contributed by atoms with van der Waals surface area (Å²) in [5.74, 6) is -0.868. The van der Waals surface area contributed by atoms with Gasteiger partial charge in [0.1, 0.15) is 0 Å². The fourth-order valence-corrected chi connectivity index (χ4v) is 2.03. The number of likely N-dealkylation sites (tertiary alicyclic amines) is 1. The van der Waals surface area contributed by atoms with Gasteiger partial charge in [-0.15, -0.1) is 0 Å². The molecular formula is C12H22N2O4. The molecule has 2 atom stereocenters. The highest BCUT2D eigenvalue weighted by Crippen LogP contribution is 2.12. The summed E-state index contributed by atoms with van der Waals surface area (Å²) in [4.78, 5) is 24.2. The second kappa shape index (κ2) is 6.58. The molecule has 1 aliphatic heterocycles. The lowest BCUT2D eigenvalue weighted by molar-refractivity contribution is -0.137. The Morgan fingerprint density at radius 3 is 2.61 bits per heavy atom. The fourth-order valence-electron chi connectivity index (χ4n) is 2.03. The van der Waals surface area contributed by atoms with E-state index in [1.165, 1.54) is 0 Å². The summed E-state index contributed by atoms with van der Waals surface area (Å²) in [5.41, 5.74) is 0. The molecule has 0 aromatic carbocycles. The van der Waals surface area contributed by atoms with Crippen molar-refractivity contribution >= 4 is 12.0 Å². The molecule has 3 N–H and O–H groups in total. The van der Waals surface area contributed by atoms with Crippen LogP contribution in [0.2, 0.25) is 0 Å². The zero-order valence-corrected chi connectivity index (χ0v) is 10.9. The summed E-state index contributed by atoms with van der Waals surface area (Å²) in [6.45, 7) is 4.68. The molecule has 1 aliphatic rings. The van der Waals surface area contributed by atoms with Crippen molar-refractivity contribution < 1.29 is 19.8 Å². The Morgan fingerprint density at radius 2 is 2.11 bits per heavy atom. The quantitative estimate of drug-likeness (QED) is 0.690. The Hall–Kier alpha value is -1.30. The third-order valence-corrected chi connectivity index (χ3v) is 3.19. The van der Waals surface area contributed by atoms with E-state index in [0.29, 0.717) is 19.5 Å². The molecule has 18 heavy (non-hydrogen) atoms.